The molecule has 0 spiro atoms. The van der Waals surface area contributed by atoms with Crippen LogP contribution in [0.4, 0.5) is 0 Å². The Kier molecular flexibility index (Phi) is 4.02. The molecule has 2 heterocycles. The Bertz CT molecular complexity index is 1830. The first-order chi connectivity index (χ1) is 16.8. The Labute approximate surface area is 196 Å². The summed E-state index contributed by atoms with van der Waals surface area (Å²) in [5.74, 6) is 0.954. The average molecular weight is 437 g/mol. The highest BCUT2D eigenvalue weighted by atomic mass is 15.1. The number of hydrogen-bond donors (Lipinski definition) is 0. The van der Waals surface area contributed by atoms with E-state index in [1.54, 1.807) is 0 Å². The van der Waals surface area contributed by atoms with E-state index in [4.69, 9.17) is 15.0 Å². The van der Waals surface area contributed by atoms with E-state index >= 15 is 0 Å². The number of imidazole rings is 1. The highest BCUT2D eigenvalue weighted by molar-refractivity contribution is 6.23. The number of aromatic nitrogens is 4. The second-order valence-corrected chi connectivity index (χ2v) is 8.61. The van der Waals surface area contributed by atoms with Crippen LogP contribution in [0.3, 0.4) is 0 Å². The number of benzene rings is 5. The Morgan fingerprint density at radius 2 is 1.24 bits per heavy atom. The Balaban J connectivity index is 1.45. The minimum atomic E-state index is 0.849. The zero-order valence-electron chi connectivity index (χ0n) is 18.6. The topological polar surface area (TPSA) is 43.6 Å². The largest absolute Gasteiger partial charge is 0.327 e. The van der Waals surface area contributed by atoms with Gasteiger partial charge in [-0.1, -0.05) is 84.9 Å². The van der Waals surface area contributed by atoms with Gasteiger partial charge >= 0.3 is 0 Å². The molecule has 0 N–H and O–H groups in total. The van der Waals surface area contributed by atoms with Crippen LogP contribution in [0, 0.1) is 0 Å². The number of hydrogen-bond acceptors (Lipinski definition) is 3. The van der Waals surface area contributed by atoms with Crippen molar-refractivity contribution in [1.82, 2.24) is 19.5 Å². The molecule has 0 amide bonds. The molecule has 5 aromatic carbocycles. The van der Waals surface area contributed by atoms with Crippen LogP contribution in [0.25, 0.3) is 66.3 Å². The van der Waals surface area contributed by atoms with Gasteiger partial charge in [0.15, 0.2) is 0 Å². The lowest BCUT2D eigenvalue weighted by atomic mass is 9.99. The fraction of sp³-hybridized carbons (Fsp3) is 0.0333. The molecule has 0 atom stereocenters. The van der Waals surface area contributed by atoms with Crippen molar-refractivity contribution >= 4 is 43.6 Å². The Hall–Kier alpha value is -4.57. The molecule has 0 aliphatic carbocycles. The van der Waals surface area contributed by atoms with Gasteiger partial charge in [0.05, 0.1) is 34.0 Å². The van der Waals surface area contributed by atoms with Gasteiger partial charge in [0, 0.05) is 28.9 Å². The molecule has 0 fully saturated rings. The maximum Gasteiger partial charge on any atom is 0.140 e. The summed E-state index contributed by atoms with van der Waals surface area (Å²) in [4.78, 5) is 15.0. The Morgan fingerprint density at radius 1 is 0.588 bits per heavy atom. The summed E-state index contributed by atoms with van der Waals surface area (Å²) in [6, 6.07) is 33.5. The van der Waals surface area contributed by atoms with Gasteiger partial charge < -0.3 is 4.57 Å². The van der Waals surface area contributed by atoms with Gasteiger partial charge in [-0.3, -0.25) is 4.98 Å². The van der Waals surface area contributed by atoms with Gasteiger partial charge in [-0.15, -0.1) is 0 Å². The molecule has 0 saturated carbocycles. The van der Waals surface area contributed by atoms with Crippen molar-refractivity contribution in [2.75, 3.05) is 0 Å². The van der Waals surface area contributed by atoms with Crippen LogP contribution in [0.15, 0.2) is 103 Å². The lowest BCUT2D eigenvalue weighted by Gasteiger charge is -2.10. The maximum atomic E-state index is 5.12. The van der Waals surface area contributed by atoms with E-state index in [1.165, 1.54) is 10.8 Å². The van der Waals surface area contributed by atoms with E-state index < -0.39 is 0 Å². The van der Waals surface area contributed by atoms with Crippen LogP contribution in [0.1, 0.15) is 0 Å². The van der Waals surface area contributed by atoms with E-state index in [-0.39, 0.29) is 0 Å². The van der Waals surface area contributed by atoms with Crippen molar-refractivity contribution in [1.29, 1.82) is 0 Å². The number of aryl methyl sites for hydroxylation is 1. The smallest absolute Gasteiger partial charge is 0.140 e. The fourth-order valence-corrected chi connectivity index (χ4v) is 4.97. The van der Waals surface area contributed by atoms with Crippen molar-refractivity contribution < 1.29 is 0 Å². The molecule has 4 heteroatoms. The van der Waals surface area contributed by atoms with Gasteiger partial charge in [-0.05, 0) is 22.9 Å². The van der Waals surface area contributed by atoms with Crippen molar-refractivity contribution in [3.8, 4) is 22.6 Å². The standard InChI is InChI=1S/C30H20N4/c1-34-27-16-15-20(17-25(27)33-30(34)19-9-3-2-4-10-19)26-18-31-28-23-13-7-5-11-21(23)22-12-6-8-14-24(22)29(28)32-26/h2-18H,1H3. The normalized spacial score (nSPS) is 11.7. The van der Waals surface area contributed by atoms with Crippen molar-refractivity contribution in [2.24, 2.45) is 7.05 Å². The zero-order chi connectivity index (χ0) is 22.6. The maximum absolute atomic E-state index is 5.12. The van der Waals surface area contributed by atoms with Gasteiger partial charge in [0.2, 0.25) is 0 Å². The van der Waals surface area contributed by atoms with E-state index in [2.05, 4.69) is 90.5 Å². The first kappa shape index (κ1) is 18.9. The van der Waals surface area contributed by atoms with Gasteiger partial charge in [-0.25, -0.2) is 9.97 Å². The number of nitrogens with zero attached hydrogens (tertiary/aromatic N) is 4. The first-order valence-corrected chi connectivity index (χ1v) is 11.4. The van der Waals surface area contributed by atoms with Crippen LogP contribution < -0.4 is 0 Å². The van der Waals surface area contributed by atoms with Crippen molar-refractivity contribution in [3.05, 3.63) is 103 Å². The van der Waals surface area contributed by atoms with E-state index in [0.29, 0.717) is 0 Å². The van der Waals surface area contributed by atoms with Gasteiger partial charge in [-0.2, -0.15) is 0 Å². The zero-order valence-corrected chi connectivity index (χ0v) is 18.6. The molecule has 0 aliphatic heterocycles. The lowest BCUT2D eigenvalue weighted by Crippen LogP contribution is -1.93. The first-order valence-electron chi connectivity index (χ1n) is 11.4. The van der Waals surface area contributed by atoms with Crippen LogP contribution in [0.2, 0.25) is 0 Å². The van der Waals surface area contributed by atoms with E-state index in [1.807, 2.05) is 24.4 Å². The molecular formula is C30H20N4. The van der Waals surface area contributed by atoms with Crippen LogP contribution in [-0.2, 0) is 7.05 Å². The molecule has 0 saturated heterocycles. The lowest BCUT2D eigenvalue weighted by molar-refractivity contribution is 0.959. The second-order valence-electron chi connectivity index (χ2n) is 8.61. The van der Waals surface area contributed by atoms with Crippen LogP contribution in [0.5, 0.6) is 0 Å². The quantitative estimate of drug-likeness (QED) is 0.270. The highest BCUT2D eigenvalue weighted by Crippen LogP contribution is 2.34. The van der Waals surface area contributed by atoms with E-state index in [0.717, 1.165) is 55.5 Å². The highest BCUT2D eigenvalue weighted by Gasteiger charge is 2.14. The third kappa shape index (κ3) is 2.75. The summed E-state index contributed by atoms with van der Waals surface area (Å²) in [6.45, 7) is 0. The molecule has 7 aromatic rings. The molecule has 160 valence electrons. The molecular weight excluding hydrogens is 416 g/mol. The second kappa shape index (κ2) is 7.22. The summed E-state index contributed by atoms with van der Waals surface area (Å²) >= 11 is 0. The minimum absolute atomic E-state index is 0.849. The molecule has 7 rings (SSSR count). The summed E-state index contributed by atoms with van der Waals surface area (Å²) < 4.78 is 2.14. The summed E-state index contributed by atoms with van der Waals surface area (Å²) in [5.41, 5.74) is 6.86. The minimum Gasteiger partial charge on any atom is -0.327 e. The third-order valence-electron chi connectivity index (χ3n) is 6.64. The predicted octanol–water partition coefficient (Wildman–Crippen LogP) is 7.16. The average Bonchev–Trinajstić information content (AvgIpc) is 3.24. The molecule has 2 aromatic heterocycles. The molecule has 0 bridgehead atoms. The third-order valence-corrected chi connectivity index (χ3v) is 6.64. The molecule has 0 unspecified atom stereocenters. The van der Waals surface area contributed by atoms with Crippen molar-refractivity contribution in [2.45, 2.75) is 0 Å². The summed E-state index contributed by atoms with van der Waals surface area (Å²) in [7, 11) is 2.06. The molecule has 34 heavy (non-hydrogen) atoms. The molecule has 0 radical (unpaired) electrons. The fourth-order valence-electron chi connectivity index (χ4n) is 4.97. The van der Waals surface area contributed by atoms with Crippen molar-refractivity contribution in [3.63, 3.8) is 0 Å². The summed E-state index contributed by atoms with van der Waals surface area (Å²) in [6.07, 6.45) is 1.88. The Morgan fingerprint density at radius 3 is 1.97 bits per heavy atom. The van der Waals surface area contributed by atoms with Crippen LogP contribution >= 0.6 is 0 Å². The van der Waals surface area contributed by atoms with Gasteiger partial charge in [0.1, 0.15) is 5.82 Å². The molecule has 4 nitrogen and oxygen atoms in total. The summed E-state index contributed by atoms with van der Waals surface area (Å²) in [5, 5.41) is 4.65. The number of rotatable bonds is 2. The van der Waals surface area contributed by atoms with Gasteiger partial charge in [0.25, 0.3) is 0 Å². The molecule has 0 aliphatic rings. The van der Waals surface area contributed by atoms with E-state index in [9.17, 15) is 0 Å². The predicted molar refractivity (Wildman–Crippen MR) is 140 cm³/mol. The number of fused-ring (bicyclic) bond motifs is 7. The monoisotopic (exact) mass is 436 g/mol. The SMILES string of the molecule is Cn1c(-c2ccccc2)nc2cc(-c3cnc4c5ccccc5c5ccccc5c4n3)ccc21. The van der Waals surface area contributed by atoms with Crippen LogP contribution in [-0.4, -0.2) is 19.5 Å².